The van der Waals surface area contributed by atoms with E-state index in [1.165, 1.54) is 30.3 Å². The molecule has 3 nitrogen and oxygen atoms in total. The van der Waals surface area contributed by atoms with Gasteiger partial charge in [-0.15, -0.1) is 11.6 Å². The molecule has 0 saturated heterocycles. The lowest BCUT2D eigenvalue weighted by atomic mass is 10.3. The van der Waals surface area contributed by atoms with Crippen LogP contribution in [0.3, 0.4) is 0 Å². The van der Waals surface area contributed by atoms with Gasteiger partial charge in [-0.3, -0.25) is 4.79 Å². The summed E-state index contributed by atoms with van der Waals surface area (Å²) >= 11 is 5.56. The molecule has 1 aromatic heterocycles. The van der Waals surface area contributed by atoms with Crippen LogP contribution in [0, 0.1) is 5.82 Å². The fraction of sp³-hybridized carbons (Fsp3) is 0.0833. The van der Waals surface area contributed by atoms with Gasteiger partial charge in [-0.25, -0.2) is 4.39 Å². The Bertz CT molecular complexity index is 522. The second-order valence-corrected chi connectivity index (χ2v) is 3.63. The van der Waals surface area contributed by atoms with Crippen molar-refractivity contribution in [2.45, 2.75) is 5.88 Å². The number of nitrogens with one attached hydrogen (secondary N) is 1. The highest BCUT2D eigenvalue weighted by molar-refractivity contribution is 6.16. The Morgan fingerprint density at radius 3 is 2.53 bits per heavy atom. The highest BCUT2D eigenvalue weighted by atomic mass is 35.5. The first-order valence-corrected chi connectivity index (χ1v) is 5.44. The van der Waals surface area contributed by atoms with E-state index >= 15 is 0 Å². The maximum absolute atomic E-state index is 12.7. The average molecular weight is 254 g/mol. The highest BCUT2D eigenvalue weighted by Gasteiger charge is 2.10. The predicted octanol–water partition coefficient (Wildman–Crippen LogP) is 3.41. The minimum Gasteiger partial charge on any atom is -0.455 e. The predicted molar refractivity (Wildman–Crippen MR) is 62.6 cm³/mol. The molecule has 2 aromatic rings. The van der Waals surface area contributed by atoms with E-state index in [0.29, 0.717) is 11.4 Å². The first kappa shape index (κ1) is 11.7. The summed E-state index contributed by atoms with van der Waals surface area (Å²) in [6.07, 6.45) is 0. The van der Waals surface area contributed by atoms with Gasteiger partial charge in [0.1, 0.15) is 11.6 Å². The van der Waals surface area contributed by atoms with Gasteiger partial charge in [-0.2, -0.15) is 0 Å². The Morgan fingerprint density at radius 2 is 1.94 bits per heavy atom. The monoisotopic (exact) mass is 253 g/mol. The van der Waals surface area contributed by atoms with E-state index in [1.807, 2.05) is 0 Å². The zero-order valence-corrected chi connectivity index (χ0v) is 9.50. The molecule has 0 aliphatic carbocycles. The van der Waals surface area contributed by atoms with E-state index in [9.17, 15) is 9.18 Å². The van der Waals surface area contributed by atoms with Crippen LogP contribution in [0.1, 0.15) is 16.3 Å². The van der Waals surface area contributed by atoms with Crippen LogP contribution in [-0.2, 0) is 5.88 Å². The lowest BCUT2D eigenvalue weighted by molar-refractivity contribution is 0.0995. The number of halogens is 2. The Hall–Kier alpha value is -1.81. The Balaban J connectivity index is 2.08. The third kappa shape index (κ3) is 2.85. The number of carbonyl (C=O) groups excluding carboxylic acids is 1. The van der Waals surface area contributed by atoms with E-state index < -0.39 is 5.91 Å². The molecule has 0 radical (unpaired) electrons. The molecule has 0 bridgehead atoms. The van der Waals surface area contributed by atoms with Gasteiger partial charge in [0.25, 0.3) is 5.91 Å². The van der Waals surface area contributed by atoms with E-state index in [0.717, 1.165) is 0 Å². The van der Waals surface area contributed by atoms with Crippen molar-refractivity contribution >= 4 is 23.2 Å². The fourth-order valence-electron chi connectivity index (χ4n) is 1.30. The van der Waals surface area contributed by atoms with Crippen molar-refractivity contribution in [3.05, 3.63) is 53.7 Å². The topological polar surface area (TPSA) is 42.2 Å². The van der Waals surface area contributed by atoms with Crippen molar-refractivity contribution in [3.8, 4) is 0 Å². The van der Waals surface area contributed by atoms with Gasteiger partial charge in [0, 0.05) is 5.69 Å². The summed E-state index contributed by atoms with van der Waals surface area (Å²) in [5, 5.41) is 2.58. The van der Waals surface area contributed by atoms with Gasteiger partial charge in [0.2, 0.25) is 0 Å². The fourth-order valence-corrected chi connectivity index (χ4v) is 1.44. The van der Waals surface area contributed by atoms with E-state index in [4.69, 9.17) is 16.0 Å². The van der Waals surface area contributed by atoms with Crippen LogP contribution >= 0.6 is 11.6 Å². The summed E-state index contributed by atoms with van der Waals surface area (Å²) < 4.78 is 17.8. The van der Waals surface area contributed by atoms with Crippen molar-refractivity contribution in [3.63, 3.8) is 0 Å². The summed E-state index contributed by atoms with van der Waals surface area (Å²) in [7, 11) is 0. The van der Waals surface area contributed by atoms with Gasteiger partial charge in [-0.1, -0.05) is 0 Å². The number of amides is 1. The van der Waals surface area contributed by atoms with Crippen molar-refractivity contribution in [2.24, 2.45) is 0 Å². The van der Waals surface area contributed by atoms with E-state index in [-0.39, 0.29) is 17.5 Å². The van der Waals surface area contributed by atoms with Crippen LogP contribution in [0.4, 0.5) is 10.1 Å². The number of hydrogen-bond acceptors (Lipinski definition) is 2. The van der Waals surface area contributed by atoms with Gasteiger partial charge < -0.3 is 9.73 Å². The number of benzene rings is 1. The summed E-state index contributed by atoms with van der Waals surface area (Å²) in [5.74, 6) is 0.156. The Kier molecular flexibility index (Phi) is 3.44. The zero-order chi connectivity index (χ0) is 12.3. The molecule has 1 aromatic carbocycles. The molecule has 0 atom stereocenters. The van der Waals surface area contributed by atoms with Gasteiger partial charge in [-0.05, 0) is 36.4 Å². The van der Waals surface area contributed by atoms with Gasteiger partial charge >= 0.3 is 0 Å². The summed E-state index contributed by atoms with van der Waals surface area (Å²) in [6, 6.07) is 8.64. The summed E-state index contributed by atoms with van der Waals surface area (Å²) in [4.78, 5) is 11.7. The average Bonchev–Trinajstić information content (AvgIpc) is 2.81. The van der Waals surface area contributed by atoms with E-state index in [2.05, 4.69) is 5.32 Å². The number of anilines is 1. The van der Waals surface area contributed by atoms with Crippen LogP contribution in [0.2, 0.25) is 0 Å². The minimum atomic E-state index is -0.395. The lowest BCUT2D eigenvalue weighted by Gasteiger charge is -2.02. The number of carbonyl (C=O) groups is 1. The van der Waals surface area contributed by atoms with Crippen molar-refractivity contribution < 1.29 is 13.6 Å². The molecule has 0 aliphatic rings. The molecular weight excluding hydrogens is 245 g/mol. The molecule has 0 spiro atoms. The molecule has 0 unspecified atom stereocenters. The molecule has 0 fully saturated rings. The molecular formula is C12H9ClFNO2. The Morgan fingerprint density at radius 1 is 1.24 bits per heavy atom. The lowest BCUT2D eigenvalue weighted by Crippen LogP contribution is -2.10. The molecule has 88 valence electrons. The zero-order valence-electron chi connectivity index (χ0n) is 8.74. The molecule has 1 amide bonds. The largest absolute Gasteiger partial charge is 0.455 e. The molecule has 17 heavy (non-hydrogen) atoms. The van der Waals surface area contributed by atoms with Crippen LogP contribution < -0.4 is 5.32 Å². The highest BCUT2D eigenvalue weighted by Crippen LogP contribution is 2.13. The number of alkyl halides is 1. The molecule has 1 heterocycles. The second-order valence-electron chi connectivity index (χ2n) is 3.36. The van der Waals surface area contributed by atoms with Crippen LogP contribution in [0.5, 0.6) is 0 Å². The Labute approximate surface area is 102 Å². The quantitative estimate of drug-likeness (QED) is 0.852. The SMILES string of the molecule is O=C(Nc1ccc(F)cc1)c1ccc(CCl)o1. The van der Waals surface area contributed by atoms with Crippen LogP contribution in [0.25, 0.3) is 0 Å². The molecule has 5 heteroatoms. The maximum Gasteiger partial charge on any atom is 0.291 e. The summed E-state index contributed by atoms with van der Waals surface area (Å²) in [6.45, 7) is 0. The first-order chi connectivity index (χ1) is 8.19. The molecule has 0 saturated carbocycles. The molecule has 1 N–H and O–H groups in total. The van der Waals surface area contributed by atoms with Crippen molar-refractivity contribution in [1.29, 1.82) is 0 Å². The molecule has 2 rings (SSSR count). The second kappa shape index (κ2) is 5.01. The smallest absolute Gasteiger partial charge is 0.291 e. The third-order valence-electron chi connectivity index (χ3n) is 2.12. The van der Waals surface area contributed by atoms with Gasteiger partial charge in [0.15, 0.2) is 5.76 Å². The third-order valence-corrected chi connectivity index (χ3v) is 2.38. The summed E-state index contributed by atoms with van der Waals surface area (Å²) in [5.41, 5.74) is 0.500. The molecule has 0 aliphatic heterocycles. The maximum atomic E-state index is 12.7. The number of hydrogen-bond donors (Lipinski definition) is 1. The first-order valence-electron chi connectivity index (χ1n) is 4.90. The van der Waals surface area contributed by atoms with Crippen molar-refractivity contribution in [1.82, 2.24) is 0 Å². The van der Waals surface area contributed by atoms with Crippen LogP contribution in [-0.4, -0.2) is 5.91 Å². The number of furan rings is 1. The van der Waals surface area contributed by atoms with Crippen molar-refractivity contribution in [2.75, 3.05) is 5.32 Å². The number of rotatable bonds is 3. The normalized spacial score (nSPS) is 10.2. The van der Waals surface area contributed by atoms with E-state index in [1.54, 1.807) is 6.07 Å². The van der Waals surface area contributed by atoms with Crippen LogP contribution in [0.15, 0.2) is 40.8 Å². The van der Waals surface area contributed by atoms with Gasteiger partial charge in [0.05, 0.1) is 5.88 Å². The minimum absolute atomic E-state index is 0.171. The standard InChI is InChI=1S/C12H9ClFNO2/c13-7-10-5-6-11(17-10)12(16)15-9-3-1-8(14)2-4-9/h1-6H,7H2,(H,15,16).